The highest BCUT2D eigenvalue weighted by molar-refractivity contribution is 5.87. The molecule has 0 aliphatic carbocycles. The Bertz CT molecular complexity index is 1080. The first-order valence-corrected chi connectivity index (χ1v) is 10.1. The van der Waals surface area contributed by atoms with Crippen LogP contribution in [0.1, 0.15) is 29.0 Å². The molecule has 4 rings (SSSR count). The van der Waals surface area contributed by atoms with Crippen molar-refractivity contribution in [2.24, 2.45) is 0 Å². The molecule has 6 nitrogen and oxygen atoms in total. The number of hydrogen-bond acceptors (Lipinski definition) is 6. The molecule has 2 aromatic carbocycles. The summed E-state index contributed by atoms with van der Waals surface area (Å²) in [5.74, 6) is -0.576. The van der Waals surface area contributed by atoms with E-state index in [4.69, 9.17) is 18.6 Å². The van der Waals surface area contributed by atoms with Crippen molar-refractivity contribution in [3.05, 3.63) is 96.0 Å². The minimum absolute atomic E-state index is 0.00577. The van der Waals surface area contributed by atoms with Crippen LogP contribution < -0.4 is 0 Å². The van der Waals surface area contributed by atoms with Crippen molar-refractivity contribution in [1.29, 1.82) is 0 Å². The van der Waals surface area contributed by atoms with Gasteiger partial charge in [0, 0.05) is 23.3 Å². The van der Waals surface area contributed by atoms with Crippen LogP contribution in [-0.2, 0) is 32.2 Å². The summed E-state index contributed by atoms with van der Waals surface area (Å²) in [6.45, 7) is 3.97. The van der Waals surface area contributed by atoms with Crippen LogP contribution in [0.2, 0.25) is 0 Å². The number of ether oxygens (including phenoxy) is 3. The van der Waals surface area contributed by atoms with E-state index in [-0.39, 0.29) is 24.9 Å². The predicted molar refractivity (Wildman–Crippen MR) is 115 cm³/mol. The van der Waals surface area contributed by atoms with Crippen LogP contribution in [0.25, 0.3) is 11.0 Å². The summed E-state index contributed by atoms with van der Waals surface area (Å²) in [7, 11) is 0. The number of para-hydroxylation sites is 1. The molecule has 3 aromatic rings. The zero-order chi connectivity index (χ0) is 21.6. The van der Waals surface area contributed by atoms with E-state index in [0.29, 0.717) is 13.0 Å². The van der Waals surface area contributed by atoms with Gasteiger partial charge >= 0.3 is 5.97 Å². The van der Waals surface area contributed by atoms with Gasteiger partial charge in [-0.25, -0.2) is 4.79 Å². The van der Waals surface area contributed by atoms with Gasteiger partial charge in [-0.3, -0.25) is 0 Å². The third-order valence-electron chi connectivity index (χ3n) is 5.14. The Morgan fingerprint density at radius 2 is 1.94 bits per heavy atom. The zero-order valence-corrected chi connectivity index (χ0v) is 17.0. The summed E-state index contributed by atoms with van der Waals surface area (Å²) < 4.78 is 22.7. The molecule has 0 unspecified atom stereocenters. The maximum Gasteiger partial charge on any atom is 0.373 e. The lowest BCUT2D eigenvalue weighted by atomic mass is 9.92. The average molecular weight is 420 g/mol. The molecule has 31 heavy (non-hydrogen) atoms. The second-order valence-electron chi connectivity index (χ2n) is 7.28. The van der Waals surface area contributed by atoms with Gasteiger partial charge in [0.25, 0.3) is 0 Å². The Hall–Kier alpha value is -3.35. The standard InChI is InChI=1S/C25H24O6/c1-2-11-28-25(27)23-12-19(21-16-29-22-6-4-3-5-20(21)22)13-24(31-23)30-15-18-9-7-17(14-26)8-10-18/h2-10,12,16,19,24,26H,1,11,13-15H2/t19-,24+/m1/s1. The van der Waals surface area contributed by atoms with E-state index in [1.54, 1.807) is 12.3 Å². The zero-order valence-electron chi connectivity index (χ0n) is 17.0. The number of benzene rings is 2. The minimum Gasteiger partial charge on any atom is -0.464 e. The summed E-state index contributed by atoms with van der Waals surface area (Å²) in [5.41, 5.74) is 3.53. The molecule has 2 atom stereocenters. The van der Waals surface area contributed by atoms with Crippen LogP contribution in [0.15, 0.2) is 83.7 Å². The molecule has 0 saturated heterocycles. The number of carbonyl (C=O) groups excluding carboxylic acids is 1. The van der Waals surface area contributed by atoms with Crippen molar-refractivity contribution in [3.63, 3.8) is 0 Å². The lowest BCUT2D eigenvalue weighted by Crippen LogP contribution is -2.27. The number of allylic oxidation sites excluding steroid dienone is 1. The first-order chi connectivity index (χ1) is 15.2. The molecule has 0 radical (unpaired) electrons. The van der Waals surface area contributed by atoms with Crippen molar-refractivity contribution in [2.75, 3.05) is 6.61 Å². The highest BCUT2D eigenvalue weighted by atomic mass is 16.7. The van der Waals surface area contributed by atoms with Gasteiger partial charge in [-0.1, -0.05) is 55.1 Å². The monoisotopic (exact) mass is 420 g/mol. The van der Waals surface area contributed by atoms with Crippen LogP contribution in [0.5, 0.6) is 0 Å². The van der Waals surface area contributed by atoms with Crippen LogP contribution in [0, 0.1) is 0 Å². The molecule has 0 amide bonds. The molecular weight excluding hydrogens is 396 g/mol. The molecule has 0 saturated carbocycles. The molecular formula is C25H24O6. The summed E-state index contributed by atoms with van der Waals surface area (Å²) >= 11 is 0. The Morgan fingerprint density at radius 3 is 2.71 bits per heavy atom. The number of esters is 1. The van der Waals surface area contributed by atoms with E-state index in [1.807, 2.05) is 48.5 Å². The fourth-order valence-corrected chi connectivity index (χ4v) is 3.54. The lowest BCUT2D eigenvalue weighted by molar-refractivity contribution is -0.163. The molecule has 0 spiro atoms. The Balaban J connectivity index is 1.54. The van der Waals surface area contributed by atoms with Crippen LogP contribution in [0.3, 0.4) is 0 Å². The largest absolute Gasteiger partial charge is 0.464 e. The first kappa shape index (κ1) is 20.9. The number of fused-ring (bicyclic) bond motifs is 1. The van der Waals surface area contributed by atoms with Gasteiger partial charge in [0.1, 0.15) is 12.2 Å². The molecule has 1 aliphatic rings. The molecule has 1 N–H and O–H groups in total. The van der Waals surface area contributed by atoms with Gasteiger partial charge in [0.15, 0.2) is 0 Å². The van der Waals surface area contributed by atoms with E-state index in [2.05, 4.69) is 6.58 Å². The Kier molecular flexibility index (Phi) is 6.50. The SMILES string of the molecule is C=CCOC(=O)C1=C[C@@H](c2coc3ccccc23)C[C@@H](OCc2ccc(CO)cc2)O1. The van der Waals surface area contributed by atoms with Crippen molar-refractivity contribution in [3.8, 4) is 0 Å². The number of hydrogen-bond donors (Lipinski definition) is 1. The topological polar surface area (TPSA) is 78.1 Å². The summed E-state index contributed by atoms with van der Waals surface area (Å²) in [4.78, 5) is 12.5. The maximum absolute atomic E-state index is 12.5. The van der Waals surface area contributed by atoms with Crippen molar-refractivity contribution in [1.82, 2.24) is 0 Å². The van der Waals surface area contributed by atoms with Crippen LogP contribution >= 0.6 is 0 Å². The maximum atomic E-state index is 12.5. The smallest absolute Gasteiger partial charge is 0.373 e. The van der Waals surface area contributed by atoms with Gasteiger partial charge in [-0.15, -0.1) is 0 Å². The van der Waals surface area contributed by atoms with E-state index in [0.717, 1.165) is 27.7 Å². The molecule has 160 valence electrons. The molecule has 6 heteroatoms. The number of rotatable bonds is 8. The van der Waals surface area contributed by atoms with Gasteiger partial charge < -0.3 is 23.7 Å². The predicted octanol–water partition coefficient (Wildman–Crippen LogP) is 4.59. The fraction of sp³-hybridized carbons (Fsp3) is 0.240. The highest BCUT2D eigenvalue weighted by Gasteiger charge is 2.31. The van der Waals surface area contributed by atoms with Crippen molar-refractivity contribution in [2.45, 2.75) is 31.8 Å². The second-order valence-corrected chi connectivity index (χ2v) is 7.28. The number of aliphatic hydroxyl groups excluding tert-OH is 1. The van der Waals surface area contributed by atoms with E-state index >= 15 is 0 Å². The summed E-state index contributed by atoms with van der Waals surface area (Å²) in [6.07, 6.45) is 4.88. The van der Waals surface area contributed by atoms with Gasteiger partial charge in [-0.2, -0.15) is 0 Å². The Labute approximate surface area is 180 Å². The lowest BCUT2D eigenvalue weighted by Gasteiger charge is -2.28. The van der Waals surface area contributed by atoms with Gasteiger partial charge in [-0.05, 0) is 23.3 Å². The van der Waals surface area contributed by atoms with Crippen LogP contribution in [0.4, 0.5) is 0 Å². The molecule has 1 aromatic heterocycles. The Morgan fingerprint density at radius 1 is 1.16 bits per heavy atom. The number of carbonyl (C=O) groups is 1. The average Bonchev–Trinajstić information content (AvgIpc) is 3.25. The quantitative estimate of drug-likeness (QED) is 0.424. The number of aliphatic hydroxyl groups is 1. The van der Waals surface area contributed by atoms with E-state index in [1.165, 1.54) is 6.08 Å². The molecule has 1 aliphatic heterocycles. The molecule has 2 heterocycles. The third-order valence-corrected chi connectivity index (χ3v) is 5.14. The summed E-state index contributed by atoms with van der Waals surface area (Å²) in [6, 6.07) is 15.2. The first-order valence-electron chi connectivity index (χ1n) is 10.1. The second kappa shape index (κ2) is 9.64. The van der Waals surface area contributed by atoms with Gasteiger partial charge in [0.2, 0.25) is 12.0 Å². The van der Waals surface area contributed by atoms with E-state index < -0.39 is 12.3 Å². The fourth-order valence-electron chi connectivity index (χ4n) is 3.54. The summed E-state index contributed by atoms with van der Waals surface area (Å²) in [5, 5.41) is 10.2. The molecule has 0 fully saturated rings. The van der Waals surface area contributed by atoms with Crippen molar-refractivity contribution >= 4 is 16.9 Å². The van der Waals surface area contributed by atoms with Crippen molar-refractivity contribution < 1.29 is 28.5 Å². The minimum atomic E-state index is -0.632. The third kappa shape index (κ3) is 4.87. The molecule has 0 bridgehead atoms. The highest BCUT2D eigenvalue weighted by Crippen LogP contribution is 2.36. The number of furan rings is 1. The van der Waals surface area contributed by atoms with Crippen LogP contribution in [-0.4, -0.2) is 24.0 Å². The van der Waals surface area contributed by atoms with Gasteiger partial charge in [0.05, 0.1) is 19.5 Å². The van der Waals surface area contributed by atoms with E-state index in [9.17, 15) is 9.90 Å². The normalized spacial score (nSPS) is 18.3.